The number of furan rings is 1. The Balaban J connectivity index is 1.60. The molecular weight excluding hydrogens is 450 g/mol. The monoisotopic (exact) mass is 477 g/mol. The van der Waals surface area contributed by atoms with E-state index in [1.165, 1.54) is 27.2 Å². The molecular formula is C22H27N3O5S2. The molecule has 0 saturated carbocycles. The highest BCUT2D eigenvalue weighted by atomic mass is 32.2. The summed E-state index contributed by atoms with van der Waals surface area (Å²) in [5.41, 5.74) is 0.468. The molecule has 10 heteroatoms. The van der Waals surface area contributed by atoms with Gasteiger partial charge in [0.2, 0.25) is 21.8 Å². The Morgan fingerprint density at radius 3 is 2.72 bits per heavy atom. The van der Waals surface area contributed by atoms with Crippen LogP contribution in [0.2, 0.25) is 0 Å². The van der Waals surface area contributed by atoms with Gasteiger partial charge in [0.1, 0.15) is 12.3 Å². The van der Waals surface area contributed by atoms with E-state index < -0.39 is 10.0 Å². The fourth-order valence-corrected chi connectivity index (χ4v) is 6.58. The average Bonchev–Trinajstić information content (AvgIpc) is 3.27. The molecule has 32 heavy (non-hydrogen) atoms. The van der Waals surface area contributed by atoms with Crippen molar-refractivity contribution in [2.24, 2.45) is 0 Å². The van der Waals surface area contributed by atoms with Crippen LogP contribution in [0.5, 0.6) is 0 Å². The molecule has 2 aromatic rings. The number of carbonyl (C=O) groups excluding carboxylic acids is 2. The lowest BCUT2D eigenvalue weighted by atomic mass is 10.2. The number of rotatable bonds is 6. The summed E-state index contributed by atoms with van der Waals surface area (Å²) in [6.45, 7) is 2.99. The molecule has 1 N–H and O–H groups in total. The Morgan fingerprint density at radius 2 is 2.00 bits per heavy atom. The number of fused-ring (bicyclic) bond motifs is 1. The standard InChI is InChI=1S/C22H27N3O5S2/c1-16-12-22(27)25(15-21(26)23-14-17-6-5-11-30-17)19-13-18(7-8-20(19)31-16)32(28,29)24-9-3-2-4-10-24/h5-8,11,13,16H,2-4,9-10,12,14-15H2,1H3,(H,23,26). The summed E-state index contributed by atoms with van der Waals surface area (Å²) in [5.74, 6) is 0.0639. The normalized spacial score (nSPS) is 20.0. The van der Waals surface area contributed by atoms with E-state index in [9.17, 15) is 18.0 Å². The molecule has 0 aliphatic carbocycles. The van der Waals surface area contributed by atoms with Crippen molar-refractivity contribution in [3.8, 4) is 0 Å². The molecule has 1 unspecified atom stereocenters. The number of nitrogens with zero attached hydrogens (tertiary/aromatic N) is 2. The topological polar surface area (TPSA) is 99.9 Å². The van der Waals surface area contributed by atoms with Crippen LogP contribution in [0.3, 0.4) is 0 Å². The molecule has 0 spiro atoms. The first kappa shape index (κ1) is 22.9. The smallest absolute Gasteiger partial charge is 0.243 e. The fourth-order valence-electron chi connectivity index (χ4n) is 3.94. The molecule has 8 nitrogen and oxygen atoms in total. The van der Waals surface area contributed by atoms with E-state index in [1.54, 1.807) is 30.3 Å². The summed E-state index contributed by atoms with van der Waals surface area (Å²) < 4.78 is 33.1. The SMILES string of the molecule is CC1CC(=O)N(CC(=O)NCc2ccco2)c2cc(S(=O)(=O)N3CCCCC3)ccc2S1. The molecule has 2 aliphatic rings. The van der Waals surface area contributed by atoms with Crippen molar-refractivity contribution < 1.29 is 22.4 Å². The highest BCUT2D eigenvalue weighted by Gasteiger charge is 2.31. The summed E-state index contributed by atoms with van der Waals surface area (Å²) >= 11 is 1.52. The number of piperidine rings is 1. The van der Waals surface area contributed by atoms with Gasteiger partial charge in [0.25, 0.3) is 0 Å². The number of thioether (sulfide) groups is 1. The number of benzene rings is 1. The molecule has 0 radical (unpaired) electrons. The van der Waals surface area contributed by atoms with Gasteiger partial charge in [-0.25, -0.2) is 8.42 Å². The van der Waals surface area contributed by atoms with E-state index in [-0.39, 0.29) is 41.5 Å². The van der Waals surface area contributed by atoms with E-state index >= 15 is 0 Å². The van der Waals surface area contributed by atoms with Gasteiger partial charge >= 0.3 is 0 Å². The second-order valence-corrected chi connectivity index (χ2v) is 11.5. The zero-order valence-electron chi connectivity index (χ0n) is 18.0. The van der Waals surface area contributed by atoms with Crippen LogP contribution in [-0.4, -0.2) is 49.4 Å². The first-order valence-electron chi connectivity index (χ1n) is 10.7. The van der Waals surface area contributed by atoms with Gasteiger partial charge in [-0.3, -0.25) is 9.59 Å². The Bertz CT molecular complexity index is 1080. The molecule has 0 bridgehead atoms. The third-order valence-electron chi connectivity index (χ3n) is 5.61. The van der Waals surface area contributed by atoms with Crippen LogP contribution in [0.15, 0.2) is 50.8 Å². The third kappa shape index (κ3) is 5.02. The molecule has 3 heterocycles. The second-order valence-electron chi connectivity index (χ2n) is 8.06. The maximum Gasteiger partial charge on any atom is 0.243 e. The molecule has 1 saturated heterocycles. The fraction of sp³-hybridized carbons (Fsp3) is 0.455. The van der Waals surface area contributed by atoms with E-state index in [2.05, 4.69) is 5.32 Å². The summed E-state index contributed by atoms with van der Waals surface area (Å²) in [5, 5.41) is 2.77. The lowest BCUT2D eigenvalue weighted by Gasteiger charge is -2.27. The lowest BCUT2D eigenvalue weighted by Crippen LogP contribution is -2.41. The molecule has 1 aromatic heterocycles. The number of hydrogen-bond donors (Lipinski definition) is 1. The number of hydrogen-bond acceptors (Lipinski definition) is 6. The Labute approximate surface area is 192 Å². The summed E-state index contributed by atoms with van der Waals surface area (Å²) in [6.07, 6.45) is 4.51. The minimum atomic E-state index is -3.66. The van der Waals surface area contributed by atoms with Crippen molar-refractivity contribution in [1.29, 1.82) is 0 Å². The van der Waals surface area contributed by atoms with Crippen molar-refractivity contribution in [2.75, 3.05) is 24.5 Å². The average molecular weight is 478 g/mol. The summed E-state index contributed by atoms with van der Waals surface area (Å²) in [4.78, 5) is 27.9. The highest BCUT2D eigenvalue weighted by molar-refractivity contribution is 8.00. The van der Waals surface area contributed by atoms with Crippen LogP contribution >= 0.6 is 11.8 Å². The maximum absolute atomic E-state index is 13.2. The molecule has 1 atom stereocenters. The van der Waals surface area contributed by atoms with Crippen LogP contribution in [0.4, 0.5) is 5.69 Å². The Hall–Kier alpha value is -2.30. The van der Waals surface area contributed by atoms with Gasteiger partial charge in [-0.15, -0.1) is 11.8 Å². The Morgan fingerprint density at radius 1 is 1.22 bits per heavy atom. The number of sulfonamides is 1. The first-order chi connectivity index (χ1) is 15.3. The van der Waals surface area contributed by atoms with Gasteiger partial charge in [0, 0.05) is 29.7 Å². The van der Waals surface area contributed by atoms with E-state index in [4.69, 9.17) is 4.42 Å². The van der Waals surface area contributed by atoms with Gasteiger partial charge in [0.05, 0.1) is 23.4 Å². The van der Waals surface area contributed by atoms with Gasteiger partial charge in [0.15, 0.2) is 0 Å². The van der Waals surface area contributed by atoms with Crippen LogP contribution in [-0.2, 0) is 26.2 Å². The van der Waals surface area contributed by atoms with Crippen molar-refractivity contribution >= 4 is 39.3 Å². The molecule has 4 rings (SSSR count). The molecule has 1 aromatic carbocycles. The summed E-state index contributed by atoms with van der Waals surface area (Å²) in [6, 6.07) is 8.39. The van der Waals surface area contributed by atoms with Crippen LogP contribution in [0, 0.1) is 0 Å². The van der Waals surface area contributed by atoms with Crippen LogP contribution in [0.1, 0.15) is 38.4 Å². The van der Waals surface area contributed by atoms with Gasteiger partial charge < -0.3 is 14.6 Å². The third-order valence-corrected chi connectivity index (χ3v) is 8.67. The van der Waals surface area contributed by atoms with Crippen LogP contribution < -0.4 is 10.2 Å². The molecule has 2 amide bonds. The predicted molar refractivity (Wildman–Crippen MR) is 122 cm³/mol. The lowest BCUT2D eigenvalue weighted by molar-refractivity contribution is -0.124. The zero-order valence-corrected chi connectivity index (χ0v) is 19.6. The molecule has 172 valence electrons. The predicted octanol–water partition coefficient (Wildman–Crippen LogP) is 2.99. The largest absolute Gasteiger partial charge is 0.467 e. The maximum atomic E-state index is 13.2. The summed E-state index contributed by atoms with van der Waals surface area (Å²) in [7, 11) is -3.66. The van der Waals surface area contributed by atoms with Crippen molar-refractivity contribution in [2.45, 2.75) is 54.2 Å². The van der Waals surface area contributed by atoms with Crippen molar-refractivity contribution in [1.82, 2.24) is 9.62 Å². The molecule has 2 aliphatic heterocycles. The number of anilines is 1. The van der Waals surface area contributed by atoms with E-state index in [0.717, 1.165) is 24.2 Å². The number of carbonyl (C=O) groups is 2. The molecule has 1 fully saturated rings. The van der Waals surface area contributed by atoms with Crippen LogP contribution in [0.25, 0.3) is 0 Å². The zero-order chi connectivity index (χ0) is 22.7. The van der Waals surface area contributed by atoms with Crippen molar-refractivity contribution in [3.63, 3.8) is 0 Å². The number of amides is 2. The van der Waals surface area contributed by atoms with Gasteiger partial charge in [-0.05, 0) is 43.2 Å². The highest BCUT2D eigenvalue weighted by Crippen LogP contribution is 2.39. The minimum absolute atomic E-state index is 0.0157. The quantitative estimate of drug-likeness (QED) is 0.687. The van der Waals surface area contributed by atoms with Gasteiger partial charge in [-0.2, -0.15) is 4.31 Å². The number of nitrogens with one attached hydrogen (secondary N) is 1. The van der Waals surface area contributed by atoms with Gasteiger partial charge in [-0.1, -0.05) is 13.3 Å². The van der Waals surface area contributed by atoms with E-state index in [0.29, 0.717) is 24.5 Å². The minimum Gasteiger partial charge on any atom is -0.467 e. The van der Waals surface area contributed by atoms with E-state index in [1.807, 2.05) is 6.92 Å². The van der Waals surface area contributed by atoms with Crippen molar-refractivity contribution in [3.05, 3.63) is 42.4 Å². The first-order valence-corrected chi connectivity index (χ1v) is 13.1. The second kappa shape index (κ2) is 9.68. The Kier molecular flexibility index (Phi) is 6.92.